The minimum atomic E-state index is -1.08. The molecule has 2 aromatic heterocycles. The molecule has 0 aliphatic carbocycles. The van der Waals surface area contributed by atoms with E-state index in [0.717, 1.165) is 22.5 Å². The Bertz CT molecular complexity index is 1060. The number of carbonyl (C=O) groups is 2. The summed E-state index contributed by atoms with van der Waals surface area (Å²) in [5.74, 6) is -0.346. The van der Waals surface area contributed by atoms with E-state index in [4.69, 9.17) is 9.84 Å². The summed E-state index contributed by atoms with van der Waals surface area (Å²) < 4.78 is 6.56. The summed E-state index contributed by atoms with van der Waals surface area (Å²) in [5.41, 5.74) is 2.50. The Morgan fingerprint density at radius 1 is 1.29 bits per heavy atom. The quantitative estimate of drug-likeness (QED) is 0.580. The fraction of sp³-hybridized carbons (Fsp3) is 0.222. The Hall–Kier alpha value is -3.40. The molecule has 0 saturated carbocycles. The van der Waals surface area contributed by atoms with Crippen molar-refractivity contribution in [2.45, 2.75) is 13.8 Å². The third kappa shape index (κ3) is 3.81. The largest absolute Gasteiger partial charge is 0.496 e. The lowest BCUT2D eigenvalue weighted by Gasteiger charge is -2.14. The summed E-state index contributed by atoms with van der Waals surface area (Å²) in [7, 11) is 3.12. The van der Waals surface area contributed by atoms with E-state index < -0.39 is 5.97 Å². The highest BCUT2D eigenvalue weighted by atomic mass is 32.1. The summed E-state index contributed by atoms with van der Waals surface area (Å²) in [4.78, 5) is 28.3. The highest BCUT2D eigenvalue weighted by Gasteiger charge is 2.17. The predicted molar refractivity (Wildman–Crippen MR) is 106 cm³/mol. The Morgan fingerprint density at radius 2 is 2.04 bits per heavy atom. The van der Waals surface area contributed by atoms with Crippen LogP contribution in [0.1, 0.15) is 31.3 Å². The van der Waals surface area contributed by atoms with Crippen molar-refractivity contribution in [3.8, 4) is 5.75 Å². The Labute approximate surface area is 165 Å². The molecule has 0 fully saturated rings. The maximum absolute atomic E-state index is 12.6. The van der Waals surface area contributed by atoms with E-state index in [1.54, 1.807) is 7.11 Å². The van der Waals surface area contributed by atoms with Gasteiger partial charge in [-0.15, -0.1) is 0 Å². The molecule has 3 N–H and O–H groups in total. The molecule has 0 unspecified atom stereocenters. The topological polar surface area (TPSA) is 118 Å². The second kappa shape index (κ2) is 7.69. The molecule has 3 aromatic rings. The number of carboxylic acids is 1. The molecule has 146 valence electrons. The average Bonchev–Trinajstić information content (AvgIpc) is 3.25. The number of hydrogen-bond acceptors (Lipinski definition) is 7. The second-order valence-electron chi connectivity index (χ2n) is 6.04. The maximum atomic E-state index is 12.6. The van der Waals surface area contributed by atoms with Gasteiger partial charge in [0.1, 0.15) is 16.3 Å². The Morgan fingerprint density at radius 3 is 2.68 bits per heavy atom. The Balaban J connectivity index is 1.76. The van der Waals surface area contributed by atoms with Gasteiger partial charge in [0.25, 0.3) is 5.91 Å². The van der Waals surface area contributed by atoms with Gasteiger partial charge in [-0.25, -0.2) is 9.78 Å². The molecule has 0 radical (unpaired) electrons. The minimum Gasteiger partial charge on any atom is -0.496 e. The Kier molecular flexibility index (Phi) is 5.32. The van der Waals surface area contributed by atoms with Gasteiger partial charge in [0.15, 0.2) is 10.9 Å². The van der Waals surface area contributed by atoms with Crippen molar-refractivity contribution in [1.82, 2.24) is 14.8 Å². The number of benzene rings is 1. The van der Waals surface area contributed by atoms with Crippen LogP contribution in [0.5, 0.6) is 5.75 Å². The first kappa shape index (κ1) is 19.4. The van der Waals surface area contributed by atoms with Crippen LogP contribution in [0.4, 0.5) is 16.6 Å². The number of hydrogen-bond donors (Lipinski definition) is 3. The number of carbonyl (C=O) groups excluding carboxylic acids is 1. The number of aromatic nitrogens is 3. The summed E-state index contributed by atoms with van der Waals surface area (Å²) >= 11 is 1.14. The van der Waals surface area contributed by atoms with Crippen LogP contribution in [0, 0.1) is 13.8 Å². The van der Waals surface area contributed by atoms with E-state index in [0.29, 0.717) is 27.3 Å². The molecule has 1 aromatic carbocycles. The zero-order valence-electron chi connectivity index (χ0n) is 15.7. The van der Waals surface area contributed by atoms with E-state index >= 15 is 0 Å². The molecule has 2 heterocycles. The maximum Gasteiger partial charge on any atom is 0.354 e. The van der Waals surface area contributed by atoms with Crippen molar-refractivity contribution in [2.75, 3.05) is 17.7 Å². The number of anilines is 3. The summed E-state index contributed by atoms with van der Waals surface area (Å²) in [5, 5.41) is 19.4. The third-order valence-electron chi connectivity index (χ3n) is 4.15. The van der Waals surface area contributed by atoms with Crippen LogP contribution in [0.25, 0.3) is 0 Å². The molecule has 9 nitrogen and oxygen atoms in total. The molecule has 0 atom stereocenters. The molecule has 28 heavy (non-hydrogen) atoms. The van der Waals surface area contributed by atoms with Gasteiger partial charge in [-0.05, 0) is 25.5 Å². The number of carboxylic acid groups (broad SMARTS) is 1. The molecule has 10 heteroatoms. The van der Waals surface area contributed by atoms with Crippen molar-refractivity contribution in [1.29, 1.82) is 0 Å². The van der Waals surface area contributed by atoms with Crippen molar-refractivity contribution in [2.24, 2.45) is 7.05 Å². The fourth-order valence-electron chi connectivity index (χ4n) is 2.69. The minimum absolute atomic E-state index is 0.0426. The zero-order valence-corrected chi connectivity index (χ0v) is 16.5. The highest BCUT2D eigenvalue weighted by Crippen LogP contribution is 2.30. The number of amides is 1. The van der Waals surface area contributed by atoms with E-state index in [9.17, 15) is 9.59 Å². The molecule has 0 saturated heterocycles. The highest BCUT2D eigenvalue weighted by molar-refractivity contribution is 7.17. The number of methoxy groups -OCH3 is 1. The first-order chi connectivity index (χ1) is 13.3. The van der Waals surface area contributed by atoms with Crippen LogP contribution in [0.3, 0.4) is 0 Å². The number of nitrogens with one attached hydrogen (secondary N) is 2. The van der Waals surface area contributed by atoms with Gasteiger partial charge >= 0.3 is 5.97 Å². The van der Waals surface area contributed by atoms with E-state index in [2.05, 4.69) is 20.7 Å². The van der Waals surface area contributed by atoms with Crippen LogP contribution >= 0.6 is 11.3 Å². The van der Waals surface area contributed by atoms with Gasteiger partial charge in [-0.2, -0.15) is 5.10 Å². The van der Waals surface area contributed by atoms with Gasteiger partial charge in [0, 0.05) is 18.7 Å². The van der Waals surface area contributed by atoms with Gasteiger partial charge < -0.3 is 20.5 Å². The lowest BCUT2D eigenvalue weighted by atomic mass is 10.1. The van der Waals surface area contributed by atoms with E-state index in [1.807, 2.05) is 26.0 Å². The summed E-state index contributed by atoms with van der Waals surface area (Å²) in [6.45, 7) is 3.78. The monoisotopic (exact) mass is 401 g/mol. The number of aromatic carboxylic acids is 1. The van der Waals surface area contributed by atoms with E-state index in [1.165, 1.54) is 24.0 Å². The SMILES string of the molecule is COc1ccc(C)c(NC(=O)c2cnc(Nc3cc(C(=O)O)n(C)n3)s2)c1C. The number of aryl methyl sites for hydroxylation is 2. The molecule has 1 amide bonds. The number of nitrogens with zero attached hydrogens (tertiary/aromatic N) is 3. The molecule has 0 aliphatic heterocycles. The molecule has 0 aliphatic rings. The van der Waals surface area contributed by atoms with Gasteiger partial charge in [-0.3, -0.25) is 9.48 Å². The van der Waals surface area contributed by atoms with Crippen LogP contribution < -0.4 is 15.4 Å². The van der Waals surface area contributed by atoms with Crippen molar-refractivity contribution < 1.29 is 19.4 Å². The van der Waals surface area contributed by atoms with Crippen LogP contribution in [0.15, 0.2) is 24.4 Å². The lowest BCUT2D eigenvalue weighted by molar-refractivity contribution is 0.0684. The molecular weight excluding hydrogens is 382 g/mol. The third-order valence-corrected chi connectivity index (χ3v) is 5.06. The summed E-state index contributed by atoms with van der Waals surface area (Å²) in [6, 6.07) is 5.13. The van der Waals surface area contributed by atoms with E-state index in [-0.39, 0.29) is 11.6 Å². The number of ether oxygens (including phenoxy) is 1. The molecule has 0 spiro atoms. The lowest BCUT2D eigenvalue weighted by Crippen LogP contribution is -2.12. The first-order valence-electron chi connectivity index (χ1n) is 8.26. The van der Waals surface area contributed by atoms with Crippen molar-refractivity contribution >= 4 is 39.9 Å². The second-order valence-corrected chi connectivity index (χ2v) is 7.07. The number of thiazole rings is 1. The summed E-state index contributed by atoms with van der Waals surface area (Å²) in [6.07, 6.45) is 1.45. The van der Waals surface area contributed by atoms with Gasteiger partial charge in [-0.1, -0.05) is 17.4 Å². The normalized spacial score (nSPS) is 10.6. The van der Waals surface area contributed by atoms with Crippen molar-refractivity contribution in [3.63, 3.8) is 0 Å². The van der Waals surface area contributed by atoms with Gasteiger partial charge in [0.2, 0.25) is 0 Å². The van der Waals surface area contributed by atoms with Crippen LogP contribution in [0.2, 0.25) is 0 Å². The molecular formula is C18H19N5O4S. The average molecular weight is 401 g/mol. The predicted octanol–water partition coefficient (Wildman–Crippen LogP) is 3.20. The van der Waals surface area contributed by atoms with Crippen LogP contribution in [-0.4, -0.2) is 38.9 Å². The van der Waals surface area contributed by atoms with Crippen molar-refractivity contribution in [3.05, 3.63) is 46.1 Å². The first-order valence-corrected chi connectivity index (χ1v) is 9.07. The smallest absolute Gasteiger partial charge is 0.354 e. The van der Waals surface area contributed by atoms with Gasteiger partial charge in [0.05, 0.1) is 19.0 Å². The zero-order chi connectivity index (χ0) is 20.4. The molecule has 0 bridgehead atoms. The number of rotatable bonds is 6. The van der Waals surface area contributed by atoms with Crippen LogP contribution in [-0.2, 0) is 7.05 Å². The fourth-order valence-corrected chi connectivity index (χ4v) is 3.41. The standard InChI is InChI=1S/C18H19N5O4S/c1-9-5-6-12(27-4)10(2)15(9)21-16(24)13-8-19-18(28-13)20-14-7-11(17(25)26)23(3)22-14/h5-8H,1-4H3,(H,21,24)(H,25,26)(H,19,20,22). The molecule has 3 rings (SSSR count).